The van der Waals surface area contributed by atoms with E-state index in [0.717, 1.165) is 11.1 Å². The third-order valence-electron chi connectivity index (χ3n) is 29.3. The molecule has 4 saturated carbocycles. The van der Waals surface area contributed by atoms with Gasteiger partial charge in [-0.25, -0.2) is 17.6 Å². The van der Waals surface area contributed by atoms with E-state index in [2.05, 4.69) is 21.3 Å². The first-order valence-electron chi connectivity index (χ1n) is 47.6. The minimum atomic E-state index is -4.97. The Morgan fingerprint density at radius 1 is 0.264 bits per heavy atom. The summed E-state index contributed by atoms with van der Waals surface area (Å²) >= 11 is 0. The third kappa shape index (κ3) is 27.6. The average Bonchev–Trinajstić information content (AvgIpc) is 1.61. The molecule has 0 aromatic heterocycles. The predicted molar refractivity (Wildman–Crippen MR) is 483 cm³/mol. The van der Waals surface area contributed by atoms with Crippen molar-refractivity contribution < 1.29 is 161 Å². The molecule has 4 heterocycles. The first kappa shape index (κ1) is 114. The van der Waals surface area contributed by atoms with Crippen LogP contribution in [0.3, 0.4) is 0 Å². The zero-order valence-electron chi connectivity index (χ0n) is 80.4. The van der Waals surface area contributed by atoms with Gasteiger partial charge in [-0.15, -0.1) is 0 Å². The van der Waals surface area contributed by atoms with Gasteiger partial charge in [-0.05, 0) is 322 Å². The number of hydrogen-bond acceptors (Lipinski definition) is 12. The second kappa shape index (κ2) is 45.1. The third-order valence-corrected chi connectivity index (χ3v) is 29.3. The van der Waals surface area contributed by atoms with Crippen LogP contribution in [0.1, 0.15) is 242 Å². The summed E-state index contributed by atoms with van der Waals surface area (Å²) in [6.07, 6.45) is -40.3. The summed E-state index contributed by atoms with van der Waals surface area (Å²) in [5, 5.41) is 11.8. The predicted octanol–water partition coefficient (Wildman–Crippen LogP) is 24.1. The Morgan fingerprint density at radius 3 is 0.581 bits per heavy atom. The molecule has 0 radical (unpaired) electrons. The molecule has 4 aliphatic heterocycles. The first-order chi connectivity index (χ1) is 68.8. The van der Waals surface area contributed by atoms with E-state index in [-0.39, 0.29) is 154 Å². The van der Waals surface area contributed by atoms with E-state index in [0.29, 0.717) is 137 Å². The monoisotopic (exact) mass is 2130 g/mol. The number of benzene rings is 8. The maximum Gasteiger partial charge on any atom is 0.416 e. The first-order valence-corrected chi connectivity index (χ1v) is 47.6. The quantitative estimate of drug-likeness (QED) is 0.0350. The Kier molecular flexibility index (Phi) is 34.9. The summed E-state index contributed by atoms with van der Waals surface area (Å²) in [6.45, 7) is 5.64. The van der Waals surface area contributed by atoms with Gasteiger partial charge < -0.3 is 51.7 Å². The van der Waals surface area contributed by atoms with E-state index in [1.165, 1.54) is 76.2 Å². The molecule has 4 saturated heterocycles. The number of alkyl halides is 24. The fourth-order valence-corrected chi connectivity index (χ4v) is 22.0. The van der Waals surface area contributed by atoms with Crippen molar-refractivity contribution in [2.75, 3.05) is 28.2 Å². The van der Waals surface area contributed by atoms with Gasteiger partial charge in [-0.3, -0.25) is 29.0 Å². The normalized spacial score (nSPS) is 27.5. The molecular formula is C104H108F28N8O8. The van der Waals surface area contributed by atoms with Gasteiger partial charge in [0.05, 0.1) is 118 Å². The number of nitrogens with one attached hydrogen (secondary N) is 4. The second-order valence-corrected chi connectivity index (χ2v) is 39.5. The van der Waals surface area contributed by atoms with Crippen LogP contribution < -0.4 is 32.7 Å². The van der Waals surface area contributed by atoms with Gasteiger partial charge in [0.2, 0.25) is 23.6 Å². The number of amides is 4. The number of hydrogen-bond donors (Lipinski definition) is 6. The van der Waals surface area contributed by atoms with Crippen LogP contribution in [0.25, 0.3) is 0 Å². The highest BCUT2D eigenvalue weighted by Gasteiger charge is 2.54. The molecule has 16 rings (SSSR count). The number of carbonyl (C=O) groups is 4. The molecule has 148 heavy (non-hydrogen) atoms. The number of nitrogens with two attached hydrogens (primary N) is 2. The highest BCUT2D eigenvalue weighted by Crippen LogP contribution is 2.55. The lowest BCUT2D eigenvalue weighted by Crippen LogP contribution is -2.37. The van der Waals surface area contributed by atoms with Crippen molar-refractivity contribution >= 4 is 23.6 Å². The molecule has 8 fully saturated rings. The lowest BCUT2D eigenvalue weighted by molar-refractivity contribution is -0.145. The van der Waals surface area contributed by atoms with Gasteiger partial charge >= 0.3 is 49.4 Å². The van der Waals surface area contributed by atoms with Gasteiger partial charge in [0, 0.05) is 47.8 Å². The summed E-state index contributed by atoms with van der Waals surface area (Å²) in [4.78, 5) is 52.7. The fourth-order valence-electron chi connectivity index (χ4n) is 22.0. The highest BCUT2D eigenvalue weighted by atomic mass is 19.4. The molecule has 0 bridgehead atoms. The van der Waals surface area contributed by atoms with Crippen LogP contribution in [0, 0.1) is 46.9 Å². The Balaban J connectivity index is 0.000000165. The standard InChI is InChI=1S/2C27H29F7N2O2.2C25H25F7N2O2/c2*1-14(16-10-17(26(29,30)31)12-18(11-16)27(32,33)34)38-23-9-8-20(21-13-22(36(2)3)25(37)35-21)24(23)15-4-6-19(28)7-5-15;2*1-12(14-8-15(24(27,28)29)10-16(9-14)25(30,31)32)36-21-7-6-18(20-11-19(33)23(35)34-20)22(21)13-2-4-17(26)5-3-13/h2*4-7,10-12,14,20-24H,8-9,13H2,1-3H3,(H,35,37);2*2-5,8-10,12,18-22H,6-7,11,33H2,1H3,(H,34,35)/t14-,20+,21-,22+,23+,24+;14-,20+,21-,22-,23+,24+;12-,18+,19+,20-,21+,22+;12-,18+,19-,20-,21+,22+/m1111/s1. The number of likely N-dealkylation sites (N-methyl/N-ethyl adjacent to an activating group) is 2. The van der Waals surface area contributed by atoms with Crippen LogP contribution in [0.5, 0.6) is 0 Å². The van der Waals surface area contributed by atoms with Crippen LogP contribution in [-0.2, 0) is 87.5 Å². The molecule has 4 amide bonds. The Hall–Kier alpha value is -10.6. The topological polar surface area (TPSA) is 212 Å². The summed E-state index contributed by atoms with van der Waals surface area (Å²) < 4.78 is 400. The maximum atomic E-state index is 13.7. The van der Waals surface area contributed by atoms with Crippen molar-refractivity contribution in [3.63, 3.8) is 0 Å². The summed E-state index contributed by atoms with van der Waals surface area (Å²) in [5.41, 5.74) is 2.32. The van der Waals surface area contributed by atoms with Gasteiger partial charge in [-0.2, -0.15) is 105 Å². The molecule has 24 atom stereocenters. The van der Waals surface area contributed by atoms with Gasteiger partial charge in [0.1, 0.15) is 23.3 Å². The molecule has 8 aromatic rings. The summed E-state index contributed by atoms with van der Waals surface area (Å²) in [7, 11) is 7.21. The van der Waals surface area contributed by atoms with Crippen LogP contribution >= 0.6 is 0 Å². The largest absolute Gasteiger partial charge is 0.416 e. The summed E-state index contributed by atoms with van der Waals surface area (Å²) in [5.74, 6) is -4.61. The van der Waals surface area contributed by atoms with Crippen molar-refractivity contribution in [1.82, 2.24) is 31.1 Å². The van der Waals surface area contributed by atoms with E-state index in [9.17, 15) is 142 Å². The average molecular weight is 2130 g/mol. The Bertz CT molecular complexity index is 5440. The zero-order chi connectivity index (χ0) is 109. The molecular weight excluding hydrogens is 2020 g/mol. The Labute approximate surface area is 832 Å². The zero-order valence-corrected chi connectivity index (χ0v) is 80.4. The smallest absolute Gasteiger partial charge is 0.370 e. The molecule has 44 heteroatoms. The fraction of sp³-hybridized carbons (Fsp3) is 0.500. The second-order valence-electron chi connectivity index (χ2n) is 39.5. The number of rotatable bonds is 22. The van der Waals surface area contributed by atoms with E-state index in [1.54, 1.807) is 76.7 Å². The van der Waals surface area contributed by atoms with Crippen molar-refractivity contribution in [3.8, 4) is 0 Å². The van der Waals surface area contributed by atoms with E-state index in [4.69, 9.17) is 30.4 Å². The van der Waals surface area contributed by atoms with Crippen molar-refractivity contribution in [1.29, 1.82) is 0 Å². The van der Waals surface area contributed by atoms with Gasteiger partial charge in [0.15, 0.2) is 0 Å². The van der Waals surface area contributed by atoms with Crippen LogP contribution in [0.15, 0.2) is 170 Å². The van der Waals surface area contributed by atoms with Crippen molar-refractivity contribution in [3.05, 3.63) is 282 Å². The molecule has 808 valence electrons. The summed E-state index contributed by atoms with van der Waals surface area (Å²) in [6, 6.07) is 25.7. The lowest BCUT2D eigenvalue weighted by atomic mass is 9.82. The number of ether oxygens (including phenoxy) is 4. The lowest BCUT2D eigenvalue weighted by Gasteiger charge is -2.31. The highest BCUT2D eigenvalue weighted by molar-refractivity contribution is 5.86. The van der Waals surface area contributed by atoms with Crippen molar-refractivity contribution in [2.45, 2.75) is 275 Å². The van der Waals surface area contributed by atoms with Crippen LogP contribution in [-0.4, -0.2) is 134 Å². The SMILES string of the molecule is C[C@@H](O[C@H]1CC[C@@H]([C@H]2C[C@@H](N(C)C)C(=O)N2)[C@@H]1c1ccc(F)cc1)c1cc(C(F)(F)F)cc(C(F)(F)F)c1.C[C@@H](O[C@H]1CC[C@@H]([C@H]2C[C@@H](N)C(=O)N2)[C@@H]1c1ccc(F)cc1)c1cc(C(F)(F)F)cc(C(F)(F)F)c1.C[C@@H](O[C@H]1CC[C@@H]([C@H]2C[C@H](N(C)C)C(=O)N2)[C@@H]1c1ccc(F)cc1)c1cc(C(F)(F)F)cc(C(F)(F)F)c1.C[C@@H](O[C@H]1CC[C@@H]([C@H]2C[C@H](N)C(=O)N2)[C@@H]1c1ccc(F)cc1)c1cc(C(F)(F)F)cc(C(F)(F)F)c1. The molecule has 8 aliphatic rings. The Morgan fingerprint density at radius 2 is 0.432 bits per heavy atom. The number of halogens is 28. The van der Waals surface area contributed by atoms with Gasteiger partial charge in [-0.1, -0.05) is 48.5 Å². The minimum Gasteiger partial charge on any atom is -0.370 e. The molecule has 8 aromatic carbocycles. The van der Waals surface area contributed by atoms with Crippen molar-refractivity contribution in [2.24, 2.45) is 35.1 Å². The molecule has 4 aliphatic carbocycles. The van der Waals surface area contributed by atoms with E-state index < -0.39 is 178 Å². The molecule has 8 N–H and O–H groups in total. The number of carbonyl (C=O) groups excluding carboxylic acids is 4. The van der Waals surface area contributed by atoms with Crippen LogP contribution in [0.4, 0.5) is 123 Å². The maximum absolute atomic E-state index is 13.7. The van der Waals surface area contributed by atoms with Gasteiger partial charge in [0.25, 0.3) is 0 Å². The van der Waals surface area contributed by atoms with E-state index in [1.807, 2.05) is 9.80 Å². The van der Waals surface area contributed by atoms with Crippen LogP contribution in [0.2, 0.25) is 0 Å². The van der Waals surface area contributed by atoms with E-state index >= 15 is 0 Å². The minimum absolute atomic E-state index is 0.0785. The molecule has 16 nitrogen and oxygen atoms in total. The molecule has 0 spiro atoms. The number of nitrogens with zero attached hydrogens (tertiary/aromatic N) is 2. The molecule has 0 unspecified atom stereocenters.